The number of aromatic nitrogens is 1. The summed E-state index contributed by atoms with van der Waals surface area (Å²) in [6, 6.07) is 16.7. The standard InChI is InChI=1S/C17H17NO/c19-11-4-3-6-13-8-5-10-17-15(13)12-14-7-1-2-9-16(14)18-17/h1-2,5,7-10,12,19H,3-4,6,11H2. The summed E-state index contributed by atoms with van der Waals surface area (Å²) in [6.07, 6.45) is 2.87. The first-order valence-corrected chi connectivity index (χ1v) is 6.77. The summed E-state index contributed by atoms with van der Waals surface area (Å²) in [5.41, 5.74) is 3.42. The summed E-state index contributed by atoms with van der Waals surface area (Å²) in [6.45, 7) is 0.270. The molecule has 0 amide bonds. The minimum Gasteiger partial charge on any atom is -0.396 e. The topological polar surface area (TPSA) is 33.1 Å². The van der Waals surface area contributed by atoms with E-state index in [1.807, 2.05) is 18.2 Å². The second kappa shape index (κ2) is 5.37. The summed E-state index contributed by atoms with van der Waals surface area (Å²) in [7, 11) is 0. The fraction of sp³-hybridized carbons (Fsp3) is 0.235. The predicted octanol–water partition coefficient (Wildman–Crippen LogP) is 3.70. The number of benzene rings is 2. The molecular weight excluding hydrogens is 234 g/mol. The molecule has 0 atom stereocenters. The third kappa shape index (κ3) is 2.45. The smallest absolute Gasteiger partial charge is 0.0712 e. The van der Waals surface area contributed by atoms with Gasteiger partial charge in [-0.3, -0.25) is 0 Å². The first-order chi connectivity index (χ1) is 9.38. The Hall–Kier alpha value is -1.93. The van der Waals surface area contributed by atoms with Crippen molar-refractivity contribution in [3.05, 3.63) is 54.1 Å². The molecule has 1 N–H and O–H groups in total. The van der Waals surface area contributed by atoms with Gasteiger partial charge < -0.3 is 5.11 Å². The van der Waals surface area contributed by atoms with Crippen LogP contribution in [-0.4, -0.2) is 16.7 Å². The molecule has 0 unspecified atom stereocenters. The molecule has 0 fully saturated rings. The molecule has 3 aromatic rings. The van der Waals surface area contributed by atoms with Crippen LogP contribution >= 0.6 is 0 Å². The van der Waals surface area contributed by atoms with Gasteiger partial charge in [0, 0.05) is 17.4 Å². The molecule has 0 aliphatic carbocycles. The Bertz CT molecular complexity index is 706. The molecule has 2 aromatic carbocycles. The van der Waals surface area contributed by atoms with Gasteiger partial charge in [0.2, 0.25) is 0 Å². The average Bonchev–Trinajstić information content (AvgIpc) is 2.46. The fourth-order valence-electron chi connectivity index (χ4n) is 2.51. The lowest BCUT2D eigenvalue weighted by molar-refractivity contribution is 0.284. The number of aryl methyl sites for hydroxylation is 1. The monoisotopic (exact) mass is 251 g/mol. The summed E-state index contributed by atoms with van der Waals surface area (Å²) in [5.74, 6) is 0. The maximum Gasteiger partial charge on any atom is 0.0712 e. The van der Waals surface area contributed by atoms with Gasteiger partial charge in [0.15, 0.2) is 0 Å². The highest BCUT2D eigenvalue weighted by Gasteiger charge is 2.04. The van der Waals surface area contributed by atoms with Crippen LogP contribution < -0.4 is 0 Å². The molecule has 0 radical (unpaired) electrons. The minimum absolute atomic E-state index is 0.270. The van der Waals surface area contributed by atoms with Crippen molar-refractivity contribution in [2.24, 2.45) is 0 Å². The molecular formula is C17H17NO. The molecule has 0 saturated carbocycles. The lowest BCUT2D eigenvalue weighted by Crippen LogP contribution is -1.92. The zero-order chi connectivity index (χ0) is 13.1. The van der Waals surface area contributed by atoms with Gasteiger partial charge in [-0.05, 0) is 43.0 Å². The third-order valence-corrected chi connectivity index (χ3v) is 3.51. The maximum atomic E-state index is 8.89. The number of unbranched alkanes of at least 4 members (excludes halogenated alkanes) is 1. The third-order valence-electron chi connectivity index (χ3n) is 3.51. The van der Waals surface area contributed by atoms with Gasteiger partial charge in [0.25, 0.3) is 0 Å². The Morgan fingerprint density at radius 1 is 0.895 bits per heavy atom. The molecule has 0 aliphatic rings. The van der Waals surface area contributed by atoms with Crippen LogP contribution in [0.15, 0.2) is 48.5 Å². The van der Waals surface area contributed by atoms with Crippen molar-refractivity contribution in [1.29, 1.82) is 0 Å². The molecule has 2 heteroatoms. The van der Waals surface area contributed by atoms with Crippen LogP contribution in [0.1, 0.15) is 18.4 Å². The Kier molecular flexibility index (Phi) is 3.43. The molecule has 96 valence electrons. The van der Waals surface area contributed by atoms with Crippen molar-refractivity contribution in [3.63, 3.8) is 0 Å². The van der Waals surface area contributed by atoms with E-state index in [0.717, 1.165) is 30.3 Å². The van der Waals surface area contributed by atoms with Crippen molar-refractivity contribution in [2.75, 3.05) is 6.61 Å². The molecule has 1 aromatic heterocycles. The zero-order valence-electron chi connectivity index (χ0n) is 10.8. The number of para-hydroxylation sites is 1. The Balaban J connectivity index is 2.09. The van der Waals surface area contributed by atoms with E-state index in [4.69, 9.17) is 10.1 Å². The highest BCUT2D eigenvalue weighted by molar-refractivity contribution is 5.94. The molecule has 1 heterocycles. The van der Waals surface area contributed by atoms with E-state index in [2.05, 4.69) is 30.3 Å². The van der Waals surface area contributed by atoms with Gasteiger partial charge in [-0.1, -0.05) is 30.3 Å². The van der Waals surface area contributed by atoms with Gasteiger partial charge in [-0.15, -0.1) is 0 Å². The van der Waals surface area contributed by atoms with Gasteiger partial charge in [0.05, 0.1) is 11.0 Å². The second-order valence-corrected chi connectivity index (χ2v) is 4.85. The Labute approximate surface area is 112 Å². The molecule has 0 saturated heterocycles. The Morgan fingerprint density at radius 2 is 1.74 bits per heavy atom. The second-order valence-electron chi connectivity index (χ2n) is 4.85. The number of aliphatic hydroxyl groups excluding tert-OH is 1. The number of fused-ring (bicyclic) bond motifs is 2. The fourth-order valence-corrected chi connectivity index (χ4v) is 2.51. The van der Waals surface area contributed by atoms with Gasteiger partial charge in [-0.25, -0.2) is 4.98 Å². The largest absolute Gasteiger partial charge is 0.396 e. The number of rotatable bonds is 4. The van der Waals surface area contributed by atoms with E-state index in [1.54, 1.807) is 0 Å². The van der Waals surface area contributed by atoms with E-state index in [9.17, 15) is 0 Å². The number of hydrogen-bond acceptors (Lipinski definition) is 2. The van der Waals surface area contributed by atoms with Crippen LogP contribution in [0.25, 0.3) is 21.8 Å². The summed E-state index contributed by atoms with van der Waals surface area (Å²) < 4.78 is 0. The Morgan fingerprint density at radius 3 is 2.63 bits per heavy atom. The van der Waals surface area contributed by atoms with Crippen molar-refractivity contribution in [3.8, 4) is 0 Å². The zero-order valence-corrected chi connectivity index (χ0v) is 10.8. The maximum absolute atomic E-state index is 8.89. The van der Waals surface area contributed by atoms with Gasteiger partial charge in [0.1, 0.15) is 0 Å². The number of pyridine rings is 1. The van der Waals surface area contributed by atoms with E-state index in [1.165, 1.54) is 16.3 Å². The lowest BCUT2D eigenvalue weighted by Gasteiger charge is -2.07. The minimum atomic E-state index is 0.270. The summed E-state index contributed by atoms with van der Waals surface area (Å²) in [5, 5.41) is 11.3. The van der Waals surface area contributed by atoms with Crippen LogP contribution in [0.4, 0.5) is 0 Å². The summed E-state index contributed by atoms with van der Waals surface area (Å²) in [4.78, 5) is 4.72. The van der Waals surface area contributed by atoms with Crippen LogP contribution in [-0.2, 0) is 6.42 Å². The quantitative estimate of drug-likeness (QED) is 0.566. The van der Waals surface area contributed by atoms with Gasteiger partial charge in [-0.2, -0.15) is 0 Å². The first kappa shape index (κ1) is 12.1. The van der Waals surface area contributed by atoms with Crippen molar-refractivity contribution >= 4 is 21.8 Å². The molecule has 0 bridgehead atoms. The van der Waals surface area contributed by atoms with Gasteiger partial charge >= 0.3 is 0 Å². The van der Waals surface area contributed by atoms with Crippen molar-refractivity contribution < 1.29 is 5.11 Å². The van der Waals surface area contributed by atoms with E-state index in [-0.39, 0.29) is 6.61 Å². The number of hydrogen-bond donors (Lipinski definition) is 1. The normalized spacial score (nSPS) is 11.2. The van der Waals surface area contributed by atoms with Crippen LogP contribution in [0.5, 0.6) is 0 Å². The highest BCUT2D eigenvalue weighted by Crippen LogP contribution is 2.23. The van der Waals surface area contributed by atoms with Crippen LogP contribution in [0.2, 0.25) is 0 Å². The van der Waals surface area contributed by atoms with E-state index >= 15 is 0 Å². The van der Waals surface area contributed by atoms with Crippen molar-refractivity contribution in [1.82, 2.24) is 4.98 Å². The predicted molar refractivity (Wildman–Crippen MR) is 79.3 cm³/mol. The molecule has 3 rings (SSSR count). The van der Waals surface area contributed by atoms with Crippen LogP contribution in [0, 0.1) is 0 Å². The molecule has 2 nitrogen and oxygen atoms in total. The number of aliphatic hydroxyl groups is 1. The highest BCUT2D eigenvalue weighted by atomic mass is 16.2. The summed E-state index contributed by atoms with van der Waals surface area (Å²) >= 11 is 0. The number of nitrogens with zero attached hydrogens (tertiary/aromatic N) is 1. The molecule has 0 spiro atoms. The molecule has 19 heavy (non-hydrogen) atoms. The average molecular weight is 251 g/mol. The SMILES string of the molecule is OCCCCc1cccc2nc3ccccc3cc12. The van der Waals surface area contributed by atoms with E-state index in [0.29, 0.717) is 0 Å². The van der Waals surface area contributed by atoms with Crippen molar-refractivity contribution in [2.45, 2.75) is 19.3 Å². The molecule has 0 aliphatic heterocycles. The van der Waals surface area contributed by atoms with Crippen LogP contribution in [0.3, 0.4) is 0 Å². The van der Waals surface area contributed by atoms with E-state index < -0.39 is 0 Å². The first-order valence-electron chi connectivity index (χ1n) is 6.77. The lowest BCUT2D eigenvalue weighted by atomic mass is 10.0.